The molecular weight excluding hydrogens is 244 g/mol. The molecule has 1 aromatic rings. The summed E-state index contributed by atoms with van der Waals surface area (Å²) in [6.45, 7) is 5.27. The van der Waals surface area contributed by atoms with E-state index in [1.54, 1.807) is 6.20 Å². The molecule has 0 radical (unpaired) electrons. The van der Waals surface area contributed by atoms with E-state index in [1.807, 2.05) is 12.1 Å². The quantitative estimate of drug-likeness (QED) is 0.793. The van der Waals surface area contributed by atoms with Crippen molar-refractivity contribution in [3.05, 3.63) is 28.5 Å². The van der Waals surface area contributed by atoms with E-state index in [0.29, 0.717) is 6.61 Å². The van der Waals surface area contributed by atoms with Crippen molar-refractivity contribution in [2.75, 3.05) is 19.7 Å². The number of hydrogen-bond donors (Lipinski definition) is 1. The van der Waals surface area contributed by atoms with Gasteiger partial charge in [-0.15, -0.1) is 0 Å². The molecule has 14 heavy (non-hydrogen) atoms. The predicted molar refractivity (Wildman–Crippen MR) is 60.1 cm³/mol. The molecule has 4 heteroatoms. The summed E-state index contributed by atoms with van der Waals surface area (Å²) in [6, 6.07) is 3.92. The molecule has 0 saturated carbocycles. The van der Waals surface area contributed by atoms with Gasteiger partial charge in [-0.2, -0.15) is 0 Å². The molecule has 1 heterocycles. The Hall–Kier alpha value is -0.450. The molecule has 0 unspecified atom stereocenters. The normalized spacial score (nSPS) is 10.4. The lowest BCUT2D eigenvalue weighted by Crippen LogP contribution is -2.18. The van der Waals surface area contributed by atoms with Gasteiger partial charge in [0.25, 0.3) is 0 Å². The Bertz CT molecular complexity index is 251. The number of halogens is 1. The van der Waals surface area contributed by atoms with Gasteiger partial charge in [0.15, 0.2) is 0 Å². The molecule has 0 saturated heterocycles. The summed E-state index contributed by atoms with van der Waals surface area (Å²) in [5.74, 6) is 0. The molecule has 0 bridgehead atoms. The van der Waals surface area contributed by atoms with Gasteiger partial charge in [0, 0.05) is 17.2 Å². The van der Waals surface area contributed by atoms with Crippen molar-refractivity contribution in [3.8, 4) is 0 Å². The Morgan fingerprint density at radius 2 is 2.36 bits per heavy atom. The molecular formula is C10H15BrN2O. The molecule has 1 N–H and O–H groups in total. The van der Waals surface area contributed by atoms with Crippen LogP contribution >= 0.6 is 15.9 Å². The van der Waals surface area contributed by atoms with Gasteiger partial charge in [-0.1, -0.05) is 6.92 Å². The summed E-state index contributed by atoms with van der Waals surface area (Å²) < 4.78 is 6.42. The van der Waals surface area contributed by atoms with Gasteiger partial charge in [0.05, 0.1) is 18.9 Å². The topological polar surface area (TPSA) is 34.1 Å². The second-order valence-corrected chi connectivity index (χ2v) is 3.79. The molecule has 0 fully saturated rings. The Morgan fingerprint density at radius 3 is 3.00 bits per heavy atom. The summed E-state index contributed by atoms with van der Waals surface area (Å²) in [5, 5.41) is 3.19. The molecule has 0 aliphatic carbocycles. The van der Waals surface area contributed by atoms with Crippen molar-refractivity contribution in [3.63, 3.8) is 0 Å². The first-order valence-corrected chi connectivity index (χ1v) is 5.51. The van der Waals surface area contributed by atoms with E-state index in [4.69, 9.17) is 4.74 Å². The molecule has 0 atom stereocenters. The summed E-state index contributed by atoms with van der Waals surface area (Å²) in [6.07, 6.45) is 1.78. The SMILES string of the molecule is CCNCCOCc1ccc(Br)cn1. The Morgan fingerprint density at radius 1 is 1.50 bits per heavy atom. The van der Waals surface area contributed by atoms with Crippen molar-refractivity contribution in [1.29, 1.82) is 0 Å². The zero-order chi connectivity index (χ0) is 10.2. The van der Waals surface area contributed by atoms with E-state index < -0.39 is 0 Å². The molecule has 0 aromatic carbocycles. The highest BCUT2D eigenvalue weighted by atomic mass is 79.9. The van der Waals surface area contributed by atoms with E-state index in [0.717, 1.165) is 29.9 Å². The molecule has 0 aliphatic heterocycles. The summed E-state index contributed by atoms with van der Waals surface area (Å²) in [4.78, 5) is 4.20. The zero-order valence-corrected chi connectivity index (χ0v) is 9.88. The first-order valence-electron chi connectivity index (χ1n) is 4.72. The van der Waals surface area contributed by atoms with Gasteiger partial charge in [-0.05, 0) is 34.6 Å². The van der Waals surface area contributed by atoms with Gasteiger partial charge in [0.1, 0.15) is 0 Å². The van der Waals surface area contributed by atoms with Crippen LogP contribution in [0.15, 0.2) is 22.8 Å². The third kappa shape index (κ3) is 4.69. The lowest BCUT2D eigenvalue weighted by atomic mass is 10.4. The van der Waals surface area contributed by atoms with Gasteiger partial charge < -0.3 is 10.1 Å². The lowest BCUT2D eigenvalue weighted by molar-refractivity contribution is 0.120. The number of aromatic nitrogens is 1. The number of hydrogen-bond acceptors (Lipinski definition) is 3. The van der Waals surface area contributed by atoms with Crippen molar-refractivity contribution in [1.82, 2.24) is 10.3 Å². The minimum Gasteiger partial charge on any atom is -0.374 e. The minimum atomic E-state index is 0.582. The van der Waals surface area contributed by atoms with Crippen LogP contribution in [0.5, 0.6) is 0 Å². The maximum Gasteiger partial charge on any atom is 0.0888 e. The highest BCUT2D eigenvalue weighted by Crippen LogP contribution is 2.07. The highest BCUT2D eigenvalue weighted by molar-refractivity contribution is 9.10. The Kier molecular flexibility index (Phi) is 5.75. The van der Waals surface area contributed by atoms with Crippen LogP contribution in [0.1, 0.15) is 12.6 Å². The molecule has 78 valence electrons. The van der Waals surface area contributed by atoms with Gasteiger partial charge >= 0.3 is 0 Å². The van der Waals surface area contributed by atoms with E-state index in [1.165, 1.54) is 0 Å². The number of pyridine rings is 1. The zero-order valence-electron chi connectivity index (χ0n) is 8.29. The number of likely N-dealkylation sites (N-methyl/N-ethyl adjacent to an activating group) is 1. The fraction of sp³-hybridized carbons (Fsp3) is 0.500. The van der Waals surface area contributed by atoms with E-state index in [2.05, 4.69) is 33.2 Å². The molecule has 0 amide bonds. The van der Waals surface area contributed by atoms with Crippen LogP contribution in [0, 0.1) is 0 Å². The lowest BCUT2D eigenvalue weighted by Gasteiger charge is -2.03. The predicted octanol–water partition coefficient (Wildman–Crippen LogP) is 1.97. The maximum atomic E-state index is 5.42. The van der Waals surface area contributed by atoms with Gasteiger partial charge in [-0.3, -0.25) is 4.98 Å². The summed E-state index contributed by atoms with van der Waals surface area (Å²) in [7, 11) is 0. The van der Waals surface area contributed by atoms with Crippen LogP contribution in [-0.2, 0) is 11.3 Å². The van der Waals surface area contributed by atoms with Crippen molar-refractivity contribution < 1.29 is 4.74 Å². The number of rotatable bonds is 6. The third-order valence-corrected chi connectivity index (χ3v) is 2.18. The fourth-order valence-corrected chi connectivity index (χ4v) is 1.22. The highest BCUT2D eigenvalue weighted by Gasteiger charge is 1.94. The molecule has 1 rings (SSSR count). The number of nitrogens with one attached hydrogen (secondary N) is 1. The van der Waals surface area contributed by atoms with Crippen LogP contribution in [0.3, 0.4) is 0 Å². The second kappa shape index (κ2) is 6.92. The van der Waals surface area contributed by atoms with E-state index >= 15 is 0 Å². The largest absolute Gasteiger partial charge is 0.374 e. The van der Waals surface area contributed by atoms with E-state index in [9.17, 15) is 0 Å². The molecule has 3 nitrogen and oxygen atoms in total. The summed E-state index contributed by atoms with van der Waals surface area (Å²) >= 11 is 3.33. The van der Waals surface area contributed by atoms with Gasteiger partial charge in [0.2, 0.25) is 0 Å². The fourth-order valence-electron chi connectivity index (χ4n) is 0.990. The first kappa shape index (κ1) is 11.6. The standard InChI is InChI=1S/C10H15BrN2O/c1-2-12-5-6-14-8-10-4-3-9(11)7-13-10/h3-4,7,12H,2,5-6,8H2,1H3. The third-order valence-electron chi connectivity index (χ3n) is 1.71. The van der Waals surface area contributed by atoms with Crippen LogP contribution in [-0.4, -0.2) is 24.7 Å². The minimum absolute atomic E-state index is 0.582. The van der Waals surface area contributed by atoms with Crippen molar-refractivity contribution >= 4 is 15.9 Å². The Balaban J connectivity index is 2.15. The maximum absolute atomic E-state index is 5.42. The molecule has 1 aromatic heterocycles. The van der Waals surface area contributed by atoms with Crippen LogP contribution < -0.4 is 5.32 Å². The second-order valence-electron chi connectivity index (χ2n) is 2.87. The summed E-state index contributed by atoms with van der Waals surface area (Å²) in [5.41, 5.74) is 0.963. The first-order chi connectivity index (χ1) is 6.83. The van der Waals surface area contributed by atoms with E-state index in [-0.39, 0.29) is 0 Å². The average Bonchev–Trinajstić information content (AvgIpc) is 2.21. The average molecular weight is 259 g/mol. The molecule has 0 aliphatic rings. The van der Waals surface area contributed by atoms with Crippen molar-refractivity contribution in [2.45, 2.75) is 13.5 Å². The monoisotopic (exact) mass is 258 g/mol. The Labute approximate surface area is 93.0 Å². The van der Waals surface area contributed by atoms with Crippen LogP contribution in [0.4, 0.5) is 0 Å². The number of nitrogens with zero attached hydrogens (tertiary/aromatic N) is 1. The molecule has 0 spiro atoms. The van der Waals surface area contributed by atoms with Crippen LogP contribution in [0.2, 0.25) is 0 Å². The van der Waals surface area contributed by atoms with Crippen LogP contribution in [0.25, 0.3) is 0 Å². The smallest absolute Gasteiger partial charge is 0.0888 e. The number of ether oxygens (including phenoxy) is 1. The van der Waals surface area contributed by atoms with Crippen molar-refractivity contribution in [2.24, 2.45) is 0 Å². The van der Waals surface area contributed by atoms with Gasteiger partial charge in [-0.25, -0.2) is 0 Å².